The molecule has 0 amide bonds. The summed E-state index contributed by atoms with van der Waals surface area (Å²) in [6, 6.07) is 6.51. The summed E-state index contributed by atoms with van der Waals surface area (Å²) in [5, 5.41) is 9.95. The number of hydrogen-bond acceptors (Lipinski definition) is 5. The second-order valence-corrected chi connectivity index (χ2v) is 9.42. The van der Waals surface area contributed by atoms with Gasteiger partial charge in [-0.05, 0) is 42.7 Å². The van der Waals surface area contributed by atoms with E-state index in [0.717, 1.165) is 29.9 Å². The van der Waals surface area contributed by atoms with Gasteiger partial charge in [-0.15, -0.1) is 0 Å². The van der Waals surface area contributed by atoms with Gasteiger partial charge in [0.15, 0.2) is 0 Å². The highest BCUT2D eigenvalue weighted by Gasteiger charge is 2.31. The van der Waals surface area contributed by atoms with Gasteiger partial charge in [0.1, 0.15) is 17.8 Å². The Morgan fingerprint density at radius 2 is 1.91 bits per heavy atom. The Hall–Kier alpha value is -2.47. The predicted octanol–water partition coefficient (Wildman–Crippen LogP) is 5.28. The molecule has 5 nitrogen and oxygen atoms in total. The van der Waals surface area contributed by atoms with Crippen LogP contribution in [0, 0.1) is 17.7 Å². The lowest BCUT2D eigenvalue weighted by molar-refractivity contribution is -0.156. The second-order valence-electron chi connectivity index (χ2n) is 9.42. The molecule has 1 aromatic carbocycles. The zero-order valence-corrected chi connectivity index (χ0v) is 18.9. The molecule has 1 aliphatic carbocycles. The first kappa shape index (κ1) is 22.7. The van der Waals surface area contributed by atoms with Crippen molar-refractivity contribution >= 4 is 11.8 Å². The quantitative estimate of drug-likeness (QED) is 0.633. The Kier molecular flexibility index (Phi) is 7.09. The minimum Gasteiger partial charge on any atom is -0.458 e. The Morgan fingerprint density at radius 3 is 2.56 bits per heavy atom. The zero-order valence-electron chi connectivity index (χ0n) is 18.9. The van der Waals surface area contributed by atoms with Crippen molar-refractivity contribution in [3.05, 3.63) is 59.7 Å². The third-order valence-electron chi connectivity index (χ3n) is 6.54. The summed E-state index contributed by atoms with van der Waals surface area (Å²) >= 11 is 0. The number of cyclic esters (lactones) is 1. The van der Waals surface area contributed by atoms with Gasteiger partial charge in [-0.25, -0.2) is 9.38 Å². The van der Waals surface area contributed by atoms with Crippen LogP contribution in [-0.4, -0.2) is 34.0 Å². The molecular formula is C26H33FN2O3. The van der Waals surface area contributed by atoms with E-state index in [9.17, 15) is 14.3 Å². The van der Waals surface area contributed by atoms with Crippen molar-refractivity contribution in [3.8, 4) is 0 Å². The molecule has 1 saturated heterocycles. The molecule has 0 radical (unpaired) electrons. The number of aliphatic hydroxyl groups excluding tert-OH is 1. The third-order valence-corrected chi connectivity index (χ3v) is 6.54. The van der Waals surface area contributed by atoms with Crippen LogP contribution in [0.25, 0.3) is 0 Å². The molecule has 1 saturated carbocycles. The second kappa shape index (κ2) is 9.99. The van der Waals surface area contributed by atoms with Crippen LogP contribution in [0.5, 0.6) is 0 Å². The zero-order chi connectivity index (χ0) is 22.7. The summed E-state index contributed by atoms with van der Waals surface area (Å²) in [5.74, 6) is 0.935. The number of benzene rings is 1. The molecular weight excluding hydrogens is 407 g/mol. The number of aliphatic hydroxyl groups is 1. The first-order valence-corrected chi connectivity index (χ1v) is 11.8. The number of carbonyl (C=O) groups is 1. The first-order valence-electron chi connectivity index (χ1n) is 11.8. The highest BCUT2D eigenvalue weighted by Crippen LogP contribution is 2.38. The van der Waals surface area contributed by atoms with Crippen LogP contribution in [0.3, 0.4) is 0 Å². The number of aliphatic imine (C=N–C) groups is 1. The molecule has 1 aromatic rings. The van der Waals surface area contributed by atoms with E-state index in [2.05, 4.69) is 24.8 Å². The number of nitrogens with zero attached hydrogens (tertiary/aromatic N) is 2. The summed E-state index contributed by atoms with van der Waals surface area (Å²) in [7, 11) is 0. The fourth-order valence-corrected chi connectivity index (χ4v) is 4.87. The molecule has 0 bridgehead atoms. The van der Waals surface area contributed by atoms with Gasteiger partial charge in [0.05, 0.1) is 18.6 Å². The molecule has 3 atom stereocenters. The number of carbonyl (C=O) groups excluding carboxylic acids is 1. The Labute approximate surface area is 189 Å². The Morgan fingerprint density at radius 1 is 1.19 bits per heavy atom. The molecule has 2 fully saturated rings. The molecule has 0 aromatic heterocycles. The lowest BCUT2D eigenvalue weighted by Gasteiger charge is -2.38. The van der Waals surface area contributed by atoms with Gasteiger partial charge in [-0.1, -0.05) is 45.2 Å². The van der Waals surface area contributed by atoms with Crippen molar-refractivity contribution in [3.63, 3.8) is 0 Å². The monoisotopic (exact) mass is 440 g/mol. The number of allylic oxidation sites excluding steroid dienone is 1. The summed E-state index contributed by atoms with van der Waals surface area (Å²) in [4.78, 5) is 18.9. The molecule has 1 N–H and O–H groups in total. The van der Waals surface area contributed by atoms with Crippen molar-refractivity contribution < 1.29 is 19.0 Å². The van der Waals surface area contributed by atoms with Crippen molar-refractivity contribution in [1.29, 1.82) is 0 Å². The highest BCUT2D eigenvalue weighted by atomic mass is 19.1. The largest absolute Gasteiger partial charge is 0.458 e. The SMILES string of the molecule is CC(C)C1=NC(C2CCCCC2)=CC(c2ccc(F)cc2)N1C=C[C@@H]1C[C@@H](O)CC(=O)O1. The molecule has 3 aliphatic rings. The summed E-state index contributed by atoms with van der Waals surface area (Å²) in [6.07, 6.45) is 11.3. The molecule has 2 aliphatic heterocycles. The van der Waals surface area contributed by atoms with Crippen LogP contribution in [0.1, 0.15) is 70.4 Å². The average molecular weight is 441 g/mol. The fraction of sp³-hybridized carbons (Fsp3) is 0.538. The van der Waals surface area contributed by atoms with Crippen LogP contribution in [-0.2, 0) is 9.53 Å². The van der Waals surface area contributed by atoms with E-state index in [-0.39, 0.29) is 30.2 Å². The number of ether oxygens (including phenoxy) is 1. The van der Waals surface area contributed by atoms with Crippen LogP contribution in [0.4, 0.5) is 4.39 Å². The normalized spacial score (nSPS) is 27.5. The van der Waals surface area contributed by atoms with E-state index < -0.39 is 12.2 Å². The van der Waals surface area contributed by atoms with E-state index in [4.69, 9.17) is 9.73 Å². The van der Waals surface area contributed by atoms with Crippen molar-refractivity contribution in [2.45, 2.75) is 77.0 Å². The van der Waals surface area contributed by atoms with E-state index in [1.54, 1.807) is 0 Å². The van der Waals surface area contributed by atoms with Gasteiger partial charge in [-0.3, -0.25) is 4.79 Å². The van der Waals surface area contributed by atoms with E-state index in [1.165, 1.54) is 31.4 Å². The minimum atomic E-state index is -0.684. The fourth-order valence-electron chi connectivity index (χ4n) is 4.87. The smallest absolute Gasteiger partial charge is 0.309 e. The number of esters is 1. The number of halogens is 1. The number of amidine groups is 1. The molecule has 6 heteroatoms. The predicted molar refractivity (Wildman–Crippen MR) is 122 cm³/mol. The van der Waals surface area contributed by atoms with Gasteiger partial charge in [-0.2, -0.15) is 0 Å². The van der Waals surface area contributed by atoms with Crippen LogP contribution >= 0.6 is 0 Å². The van der Waals surface area contributed by atoms with Gasteiger partial charge in [0.25, 0.3) is 0 Å². The molecule has 1 unspecified atom stereocenters. The maximum absolute atomic E-state index is 13.6. The van der Waals surface area contributed by atoms with Gasteiger partial charge in [0, 0.05) is 30.2 Å². The maximum Gasteiger partial charge on any atom is 0.309 e. The van der Waals surface area contributed by atoms with Gasteiger partial charge in [0.2, 0.25) is 0 Å². The third kappa shape index (κ3) is 5.29. The summed E-state index contributed by atoms with van der Waals surface area (Å²) in [5.41, 5.74) is 2.12. The Bertz CT molecular complexity index is 900. The van der Waals surface area contributed by atoms with E-state index >= 15 is 0 Å². The summed E-state index contributed by atoms with van der Waals surface area (Å²) in [6.45, 7) is 4.24. The lowest BCUT2D eigenvalue weighted by Crippen LogP contribution is -2.37. The van der Waals surface area contributed by atoms with E-state index in [1.807, 2.05) is 24.4 Å². The first-order chi connectivity index (χ1) is 15.4. The molecule has 4 rings (SSSR count). The van der Waals surface area contributed by atoms with Gasteiger partial charge < -0.3 is 14.7 Å². The summed E-state index contributed by atoms with van der Waals surface area (Å²) < 4.78 is 19.0. The van der Waals surface area contributed by atoms with Crippen molar-refractivity contribution in [2.75, 3.05) is 0 Å². The van der Waals surface area contributed by atoms with Gasteiger partial charge >= 0.3 is 5.97 Å². The maximum atomic E-state index is 13.6. The molecule has 2 heterocycles. The number of rotatable bonds is 5. The Balaban J connectivity index is 1.68. The molecule has 0 spiro atoms. The molecule has 172 valence electrons. The van der Waals surface area contributed by atoms with Crippen molar-refractivity contribution in [1.82, 2.24) is 4.90 Å². The van der Waals surface area contributed by atoms with Crippen LogP contribution in [0.2, 0.25) is 0 Å². The van der Waals surface area contributed by atoms with E-state index in [0.29, 0.717) is 12.3 Å². The standard InChI is InChI=1S/C26H33FN2O3/c1-17(2)26-28-23(18-6-4-3-5-7-18)16-24(19-8-10-20(27)11-9-19)29(26)13-12-22-14-21(30)15-25(31)32-22/h8-13,16-18,21-22,24,30H,3-7,14-15H2,1-2H3/t21-,22-,24?/m1/s1. The van der Waals surface area contributed by atoms with Crippen LogP contribution in [0.15, 0.2) is 53.3 Å². The highest BCUT2D eigenvalue weighted by molar-refractivity contribution is 5.87. The lowest BCUT2D eigenvalue weighted by atomic mass is 9.85. The minimum absolute atomic E-state index is 0.0401. The molecule has 32 heavy (non-hydrogen) atoms. The number of hydrogen-bond donors (Lipinski definition) is 1. The van der Waals surface area contributed by atoms with Crippen molar-refractivity contribution in [2.24, 2.45) is 16.8 Å². The topological polar surface area (TPSA) is 62.1 Å². The van der Waals surface area contributed by atoms with Crippen LogP contribution < -0.4 is 0 Å². The average Bonchev–Trinajstić information content (AvgIpc) is 2.77.